The van der Waals surface area contributed by atoms with Crippen LogP contribution in [0, 0.1) is 0 Å². The fourth-order valence-electron chi connectivity index (χ4n) is 2.41. The highest BCUT2D eigenvalue weighted by Crippen LogP contribution is 2.25. The molecule has 112 valence electrons. The normalized spacial score (nSPS) is 11.0. The van der Waals surface area contributed by atoms with E-state index in [4.69, 9.17) is 4.98 Å². The molecular formula is C17H19N5. The van der Waals surface area contributed by atoms with Crippen molar-refractivity contribution in [3.05, 3.63) is 43.0 Å². The summed E-state index contributed by atoms with van der Waals surface area (Å²) >= 11 is 0. The SMILES string of the molecule is CCC(CC)Nc1nc(-c2ccncc2)nc2cnccc12. The van der Waals surface area contributed by atoms with Gasteiger partial charge in [-0.15, -0.1) is 0 Å². The lowest BCUT2D eigenvalue weighted by molar-refractivity contribution is 0.669. The van der Waals surface area contributed by atoms with Crippen molar-refractivity contribution < 1.29 is 0 Å². The predicted octanol–water partition coefficient (Wildman–Crippen LogP) is 3.69. The Labute approximate surface area is 129 Å². The van der Waals surface area contributed by atoms with E-state index in [-0.39, 0.29) is 0 Å². The van der Waals surface area contributed by atoms with Crippen LogP contribution in [0.15, 0.2) is 43.0 Å². The quantitative estimate of drug-likeness (QED) is 0.777. The Morgan fingerprint density at radius 3 is 2.41 bits per heavy atom. The molecule has 1 N–H and O–H groups in total. The zero-order chi connectivity index (χ0) is 15.4. The third-order valence-corrected chi connectivity index (χ3v) is 3.76. The number of nitrogens with one attached hydrogen (secondary N) is 1. The summed E-state index contributed by atoms with van der Waals surface area (Å²) in [5.41, 5.74) is 1.80. The van der Waals surface area contributed by atoms with Crippen LogP contribution in [0.4, 0.5) is 5.82 Å². The molecule has 5 nitrogen and oxygen atoms in total. The predicted molar refractivity (Wildman–Crippen MR) is 88.6 cm³/mol. The van der Waals surface area contributed by atoms with Crippen LogP contribution in [0.1, 0.15) is 26.7 Å². The van der Waals surface area contributed by atoms with Gasteiger partial charge < -0.3 is 5.32 Å². The Hall–Kier alpha value is -2.56. The summed E-state index contributed by atoms with van der Waals surface area (Å²) in [6.45, 7) is 4.35. The minimum Gasteiger partial charge on any atom is -0.367 e. The van der Waals surface area contributed by atoms with Gasteiger partial charge in [0.2, 0.25) is 0 Å². The highest BCUT2D eigenvalue weighted by Gasteiger charge is 2.12. The maximum atomic E-state index is 4.73. The van der Waals surface area contributed by atoms with Crippen molar-refractivity contribution in [2.75, 3.05) is 5.32 Å². The van der Waals surface area contributed by atoms with Gasteiger partial charge in [-0.3, -0.25) is 9.97 Å². The van der Waals surface area contributed by atoms with E-state index in [1.807, 2.05) is 18.2 Å². The first-order valence-corrected chi connectivity index (χ1v) is 7.60. The fraction of sp³-hybridized carbons (Fsp3) is 0.294. The van der Waals surface area contributed by atoms with Crippen LogP contribution >= 0.6 is 0 Å². The van der Waals surface area contributed by atoms with E-state index in [1.165, 1.54) is 0 Å². The summed E-state index contributed by atoms with van der Waals surface area (Å²) in [6.07, 6.45) is 9.16. The molecule has 0 saturated heterocycles. The monoisotopic (exact) mass is 293 g/mol. The average molecular weight is 293 g/mol. The molecule has 3 heterocycles. The van der Waals surface area contributed by atoms with Crippen molar-refractivity contribution in [1.82, 2.24) is 19.9 Å². The minimum atomic E-state index is 0.400. The number of aromatic nitrogens is 4. The first-order chi connectivity index (χ1) is 10.8. The summed E-state index contributed by atoms with van der Waals surface area (Å²) in [7, 11) is 0. The second-order valence-electron chi connectivity index (χ2n) is 5.18. The van der Waals surface area contributed by atoms with Crippen LogP contribution in [0.5, 0.6) is 0 Å². The zero-order valence-corrected chi connectivity index (χ0v) is 12.8. The van der Waals surface area contributed by atoms with Gasteiger partial charge in [0, 0.05) is 35.6 Å². The number of hydrogen-bond acceptors (Lipinski definition) is 5. The Morgan fingerprint density at radius 2 is 1.68 bits per heavy atom. The Balaban J connectivity index is 2.12. The van der Waals surface area contributed by atoms with E-state index in [9.17, 15) is 0 Å². The summed E-state index contributed by atoms with van der Waals surface area (Å²) in [5.74, 6) is 1.56. The molecule has 0 saturated carbocycles. The van der Waals surface area contributed by atoms with Crippen LogP contribution in [0.3, 0.4) is 0 Å². The van der Waals surface area contributed by atoms with E-state index in [0.29, 0.717) is 11.9 Å². The molecule has 0 fully saturated rings. The summed E-state index contributed by atoms with van der Waals surface area (Å²) in [6, 6.07) is 6.18. The van der Waals surface area contributed by atoms with Gasteiger partial charge in [-0.1, -0.05) is 13.8 Å². The van der Waals surface area contributed by atoms with E-state index in [2.05, 4.69) is 34.1 Å². The maximum Gasteiger partial charge on any atom is 0.162 e. The van der Waals surface area contributed by atoms with Gasteiger partial charge in [0.25, 0.3) is 0 Å². The Kier molecular flexibility index (Phi) is 4.23. The third-order valence-electron chi connectivity index (χ3n) is 3.76. The molecule has 0 atom stereocenters. The minimum absolute atomic E-state index is 0.400. The van der Waals surface area contributed by atoms with Gasteiger partial charge in [0.15, 0.2) is 5.82 Å². The molecule has 0 aliphatic carbocycles. The van der Waals surface area contributed by atoms with Gasteiger partial charge >= 0.3 is 0 Å². The molecule has 0 spiro atoms. The standard InChI is InChI=1S/C17H19N5/c1-3-13(4-2)20-17-14-7-10-19-11-15(14)21-16(22-17)12-5-8-18-9-6-12/h5-11,13H,3-4H2,1-2H3,(H,20,21,22). The van der Waals surface area contributed by atoms with Crippen molar-refractivity contribution in [2.45, 2.75) is 32.7 Å². The van der Waals surface area contributed by atoms with Crippen LogP contribution in [0.2, 0.25) is 0 Å². The van der Waals surface area contributed by atoms with Gasteiger partial charge in [-0.05, 0) is 31.0 Å². The van der Waals surface area contributed by atoms with Crippen LogP contribution < -0.4 is 5.32 Å². The molecule has 3 rings (SSSR count). The smallest absolute Gasteiger partial charge is 0.162 e. The molecular weight excluding hydrogens is 274 g/mol. The van der Waals surface area contributed by atoms with Crippen LogP contribution in [-0.2, 0) is 0 Å². The summed E-state index contributed by atoms with van der Waals surface area (Å²) < 4.78 is 0. The van der Waals surface area contributed by atoms with Gasteiger partial charge in [-0.25, -0.2) is 9.97 Å². The van der Waals surface area contributed by atoms with E-state index in [0.717, 1.165) is 35.1 Å². The van der Waals surface area contributed by atoms with Gasteiger partial charge in [-0.2, -0.15) is 0 Å². The summed E-state index contributed by atoms with van der Waals surface area (Å²) in [5, 5.41) is 4.54. The molecule has 0 amide bonds. The van der Waals surface area contributed by atoms with Crippen molar-refractivity contribution in [3.63, 3.8) is 0 Å². The summed E-state index contributed by atoms with van der Waals surface area (Å²) in [4.78, 5) is 17.6. The lowest BCUT2D eigenvalue weighted by Crippen LogP contribution is -2.18. The second-order valence-corrected chi connectivity index (χ2v) is 5.18. The Morgan fingerprint density at radius 1 is 0.955 bits per heavy atom. The largest absolute Gasteiger partial charge is 0.367 e. The number of fused-ring (bicyclic) bond motifs is 1. The number of nitrogens with zero attached hydrogens (tertiary/aromatic N) is 4. The van der Waals surface area contributed by atoms with Crippen molar-refractivity contribution in [3.8, 4) is 11.4 Å². The lowest BCUT2D eigenvalue weighted by atomic mass is 10.1. The van der Waals surface area contributed by atoms with Gasteiger partial charge in [0.05, 0.1) is 11.7 Å². The molecule has 0 bridgehead atoms. The average Bonchev–Trinajstić information content (AvgIpc) is 2.60. The third kappa shape index (κ3) is 2.88. The van der Waals surface area contributed by atoms with Crippen molar-refractivity contribution in [2.24, 2.45) is 0 Å². The highest BCUT2D eigenvalue weighted by atomic mass is 15.1. The van der Waals surface area contributed by atoms with Crippen LogP contribution in [-0.4, -0.2) is 26.0 Å². The fourth-order valence-corrected chi connectivity index (χ4v) is 2.41. The molecule has 0 radical (unpaired) electrons. The maximum absolute atomic E-state index is 4.73. The molecule has 22 heavy (non-hydrogen) atoms. The molecule has 5 heteroatoms. The number of pyridine rings is 2. The molecule has 0 aliphatic rings. The van der Waals surface area contributed by atoms with E-state index in [1.54, 1.807) is 24.8 Å². The zero-order valence-electron chi connectivity index (χ0n) is 12.8. The number of hydrogen-bond donors (Lipinski definition) is 1. The van der Waals surface area contributed by atoms with Gasteiger partial charge in [0.1, 0.15) is 5.82 Å². The molecule has 0 aromatic carbocycles. The van der Waals surface area contributed by atoms with E-state index >= 15 is 0 Å². The molecule has 3 aromatic rings. The van der Waals surface area contributed by atoms with E-state index < -0.39 is 0 Å². The first kappa shape index (κ1) is 14.4. The highest BCUT2D eigenvalue weighted by molar-refractivity contribution is 5.90. The lowest BCUT2D eigenvalue weighted by Gasteiger charge is -2.17. The molecule has 0 aliphatic heterocycles. The van der Waals surface area contributed by atoms with Crippen molar-refractivity contribution in [1.29, 1.82) is 0 Å². The number of anilines is 1. The van der Waals surface area contributed by atoms with Crippen LogP contribution in [0.25, 0.3) is 22.3 Å². The number of rotatable bonds is 5. The van der Waals surface area contributed by atoms with Crippen molar-refractivity contribution >= 4 is 16.7 Å². The Bertz CT molecular complexity index is 753. The first-order valence-electron chi connectivity index (χ1n) is 7.60. The topological polar surface area (TPSA) is 63.6 Å². The molecule has 0 unspecified atom stereocenters. The molecule has 3 aromatic heterocycles. The second kappa shape index (κ2) is 6.47.